The molecule has 4 heterocycles. The summed E-state index contributed by atoms with van der Waals surface area (Å²) in [5.74, 6) is 2.03. The number of H-pyrrole nitrogens is 2. The van der Waals surface area contributed by atoms with Gasteiger partial charge in [-0.15, -0.1) is 0 Å². The maximum Gasteiger partial charge on any atom is 0.407 e. The van der Waals surface area contributed by atoms with Crippen molar-refractivity contribution in [3.63, 3.8) is 0 Å². The summed E-state index contributed by atoms with van der Waals surface area (Å²) in [6.07, 6.45) is 10.2. The molecule has 4 N–H and O–H groups in total. The van der Waals surface area contributed by atoms with Gasteiger partial charge in [-0.2, -0.15) is 0 Å². The Kier molecular flexibility index (Phi) is 12.3. The van der Waals surface area contributed by atoms with Crippen LogP contribution in [0.2, 0.25) is 0 Å². The standard InChI is InChI=1S/C40H56N8O6/c1-23(2)33(45-39(51)53-5)37(49)47-19-7-9-31(47)35-41-21-29(43-35)27-15-11-25(12-16-27)26-13-17-28(18-14-26)30-22-42-36(44-30)32-10-8-20-48(32)38(50)34(24(3)4)46-40(52)54-6/h11-12,15-16,21-24,26,28,31-34H,7-10,13-14,17-20H2,1-6H3,(H,41,43)(H,42,44)(H,45,51)(H,46,52)/t26?,28?,31-,32-,33?,34-/m0/s1. The van der Waals surface area contributed by atoms with Gasteiger partial charge < -0.3 is 39.9 Å². The molecule has 14 nitrogen and oxygen atoms in total. The van der Waals surface area contributed by atoms with Gasteiger partial charge in [0, 0.05) is 30.9 Å². The molecular weight excluding hydrogens is 688 g/mol. The Labute approximate surface area is 317 Å². The van der Waals surface area contributed by atoms with Crippen LogP contribution in [0.15, 0.2) is 36.7 Å². The highest BCUT2D eigenvalue weighted by Gasteiger charge is 2.39. The van der Waals surface area contributed by atoms with Crippen molar-refractivity contribution in [3.8, 4) is 11.3 Å². The van der Waals surface area contributed by atoms with Crippen molar-refractivity contribution in [1.82, 2.24) is 40.4 Å². The average Bonchev–Trinajstić information content (AvgIpc) is 4.02. The van der Waals surface area contributed by atoms with Gasteiger partial charge >= 0.3 is 12.2 Å². The number of likely N-dealkylation sites (tertiary alicyclic amines) is 2. The lowest BCUT2D eigenvalue weighted by molar-refractivity contribution is -0.136. The molecule has 14 heteroatoms. The van der Waals surface area contributed by atoms with E-state index in [9.17, 15) is 19.2 Å². The summed E-state index contributed by atoms with van der Waals surface area (Å²) in [6.45, 7) is 8.90. The number of imidazole rings is 2. The van der Waals surface area contributed by atoms with Crippen LogP contribution in [0.1, 0.15) is 126 Å². The largest absolute Gasteiger partial charge is 0.453 e. The molecule has 6 rings (SSSR count). The van der Waals surface area contributed by atoms with Gasteiger partial charge in [-0.05, 0) is 80.2 Å². The molecule has 1 unspecified atom stereocenters. The molecule has 1 saturated carbocycles. The Morgan fingerprint density at radius 1 is 0.685 bits per heavy atom. The number of aromatic nitrogens is 4. The summed E-state index contributed by atoms with van der Waals surface area (Å²) in [7, 11) is 2.60. The van der Waals surface area contributed by atoms with E-state index in [1.807, 2.05) is 49.9 Å². The lowest BCUT2D eigenvalue weighted by Gasteiger charge is -2.30. The zero-order chi connectivity index (χ0) is 38.5. The van der Waals surface area contributed by atoms with E-state index in [1.54, 1.807) is 0 Å². The van der Waals surface area contributed by atoms with Crippen LogP contribution in [-0.4, -0.2) is 93.1 Å². The minimum absolute atomic E-state index is 0.0794. The molecule has 3 fully saturated rings. The number of carbonyl (C=O) groups is 4. The Morgan fingerprint density at radius 3 is 1.67 bits per heavy atom. The second kappa shape index (κ2) is 17.1. The molecule has 0 radical (unpaired) electrons. The summed E-state index contributed by atoms with van der Waals surface area (Å²) in [6, 6.07) is 7.08. The van der Waals surface area contributed by atoms with Crippen molar-refractivity contribution in [3.05, 3.63) is 59.6 Å². The topological polar surface area (TPSA) is 175 Å². The lowest BCUT2D eigenvalue weighted by Crippen LogP contribution is -2.51. The molecule has 3 aromatic rings. The summed E-state index contributed by atoms with van der Waals surface area (Å²) < 4.78 is 9.53. The van der Waals surface area contributed by atoms with Gasteiger partial charge in [0.25, 0.3) is 0 Å². The smallest absolute Gasteiger partial charge is 0.407 e. The molecule has 1 aliphatic carbocycles. The first-order chi connectivity index (χ1) is 26.0. The van der Waals surface area contributed by atoms with Crippen LogP contribution in [0.25, 0.3) is 11.3 Å². The summed E-state index contributed by atoms with van der Waals surface area (Å²) >= 11 is 0. The highest BCUT2D eigenvalue weighted by atomic mass is 16.5. The average molecular weight is 745 g/mol. The van der Waals surface area contributed by atoms with Crippen LogP contribution in [-0.2, 0) is 19.1 Å². The number of hydrogen-bond acceptors (Lipinski definition) is 8. The van der Waals surface area contributed by atoms with E-state index in [-0.39, 0.29) is 35.7 Å². The van der Waals surface area contributed by atoms with E-state index < -0.39 is 24.3 Å². The molecule has 4 atom stereocenters. The number of hydrogen-bond donors (Lipinski definition) is 4. The van der Waals surface area contributed by atoms with E-state index in [4.69, 9.17) is 19.4 Å². The second-order valence-corrected chi connectivity index (χ2v) is 15.7. The van der Waals surface area contributed by atoms with Crippen molar-refractivity contribution < 1.29 is 28.7 Å². The van der Waals surface area contributed by atoms with Crippen molar-refractivity contribution in [2.45, 2.75) is 115 Å². The number of methoxy groups -OCH3 is 2. The number of rotatable bonds is 11. The van der Waals surface area contributed by atoms with Crippen LogP contribution in [0.4, 0.5) is 9.59 Å². The Bertz CT molecular complexity index is 1760. The predicted octanol–water partition coefficient (Wildman–Crippen LogP) is 6.33. The summed E-state index contributed by atoms with van der Waals surface area (Å²) in [5, 5.41) is 5.42. The van der Waals surface area contributed by atoms with Crippen molar-refractivity contribution >= 4 is 24.0 Å². The van der Waals surface area contributed by atoms with E-state index in [1.165, 1.54) is 19.8 Å². The Morgan fingerprint density at radius 2 is 1.17 bits per heavy atom. The number of nitrogens with one attached hydrogen (secondary N) is 4. The predicted molar refractivity (Wildman–Crippen MR) is 202 cm³/mol. The van der Waals surface area contributed by atoms with Crippen LogP contribution >= 0.6 is 0 Å². The summed E-state index contributed by atoms with van der Waals surface area (Å²) in [4.78, 5) is 71.2. The zero-order valence-corrected chi connectivity index (χ0v) is 32.4. The van der Waals surface area contributed by atoms with Crippen LogP contribution in [0.3, 0.4) is 0 Å². The zero-order valence-electron chi connectivity index (χ0n) is 32.4. The van der Waals surface area contributed by atoms with E-state index in [2.05, 4.69) is 44.9 Å². The maximum absolute atomic E-state index is 13.5. The van der Waals surface area contributed by atoms with Crippen LogP contribution < -0.4 is 10.6 Å². The van der Waals surface area contributed by atoms with Crippen molar-refractivity contribution in [1.29, 1.82) is 0 Å². The van der Waals surface area contributed by atoms with Gasteiger partial charge in [-0.1, -0.05) is 52.0 Å². The fourth-order valence-electron chi connectivity index (χ4n) is 8.44. The van der Waals surface area contributed by atoms with Gasteiger partial charge in [-0.3, -0.25) is 9.59 Å². The molecule has 2 aromatic heterocycles. The fraction of sp³-hybridized carbons (Fsp3) is 0.600. The normalized spacial score (nSPS) is 22.7. The number of ether oxygens (including phenoxy) is 2. The van der Waals surface area contributed by atoms with Crippen LogP contribution in [0.5, 0.6) is 0 Å². The first kappa shape index (κ1) is 38.8. The SMILES string of the molecule is COC(=O)NC(C(=O)N1CCC[C@H]1c1ncc(-c2ccc(C3CCC(c4cnc([C@@H]5CCCN5C(=O)[C@@H](NC(=O)OC)C(C)C)[nH]4)CC3)cc2)[nH]1)C(C)C. The van der Waals surface area contributed by atoms with Gasteiger partial charge in [0.05, 0.1) is 38.2 Å². The van der Waals surface area contributed by atoms with Gasteiger partial charge in [0.15, 0.2) is 0 Å². The first-order valence-electron chi connectivity index (χ1n) is 19.5. The quantitative estimate of drug-likeness (QED) is 0.176. The number of amides is 4. The minimum Gasteiger partial charge on any atom is -0.453 e. The highest BCUT2D eigenvalue weighted by Crippen LogP contribution is 2.41. The molecule has 4 amide bonds. The first-order valence-corrected chi connectivity index (χ1v) is 19.5. The fourth-order valence-corrected chi connectivity index (χ4v) is 8.44. The second-order valence-electron chi connectivity index (χ2n) is 15.7. The van der Waals surface area contributed by atoms with Gasteiger partial charge in [0.1, 0.15) is 23.7 Å². The molecule has 0 spiro atoms. The minimum atomic E-state index is -0.672. The van der Waals surface area contributed by atoms with Crippen molar-refractivity contribution in [2.75, 3.05) is 27.3 Å². The molecule has 2 aliphatic heterocycles. The number of benzene rings is 1. The third kappa shape index (κ3) is 8.42. The molecule has 3 aliphatic rings. The third-order valence-corrected chi connectivity index (χ3v) is 11.6. The van der Waals surface area contributed by atoms with E-state index in [0.717, 1.165) is 80.0 Å². The number of aromatic amines is 2. The third-order valence-electron chi connectivity index (χ3n) is 11.6. The molecule has 54 heavy (non-hydrogen) atoms. The molecule has 0 bridgehead atoms. The number of alkyl carbamates (subject to hydrolysis) is 2. The maximum atomic E-state index is 13.5. The number of nitrogens with zero attached hydrogens (tertiary/aromatic N) is 4. The molecule has 292 valence electrons. The van der Waals surface area contributed by atoms with Crippen molar-refractivity contribution in [2.24, 2.45) is 11.8 Å². The Hall–Kier alpha value is -4.88. The van der Waals surface area contributed by atoms with E-state index >= 15 is 0 Å². The molecule has 1 aromatic carbocycles. The lowest BCUT2D eigenvalue weighted by atomic mass is 9.77. The van der Waals surface area contributed by atoms with Gasteiger partial charge in [-0.25, -0.2) is 19.6 Å². The van der Waals surface area contributed by atoms with E-state index in [0.29, 0.717) is 24.9 Å². The number of carbonyl (C=O) groups excluding carboxylic acids is 4. The monoisotopic (exact) mass is 744 g/mol. The van der Waals surface area contributed by atoms with Crippen LogP contribution in [0, 0.1) is 11.8 Å². The van der Waals surface area contributed by atoms with Gasteiger partial charge in [0.2, 0.25) is 11.8 Å². The summed E-state index contributed by atoms with van der Waals surface area (Å²) in [5.41, 5.74) is 4.40. The highest BCUT2D eigenvalue weighted by molar-refractivity contribution is 5.87. The molecule has 2 saturated heterocycles. The Balaban J connectivity index is 1.04. The molecular formula is C40H56N8O6.